The van der Waals surface area contributed by atoms with Gasteiger partial charge in [0.15, 0.2) is 17.3 Å². The zero-order valence-corrected chi connectivity index (χ0v) is 16.9. The number of hydrogen-bond acceptors (Lipinski definition) is 6. The summed E-state index contributed by atoms with van der Waals surface area (Å²) in [5, 5.41) is 16.4. The maximum absolute atomic E-state index is 13.6. The molecule has 160 valence electrons. The number of halogens is 1. The standard InChI is InChI=1S/C22H20FN3O5/c1-30-17-9-12-8-16-21(15(12)11-18(17)31-2)26(19(27)6-7-20(28)29)25-22(16)24-14-5-3-4-13(23)10-14/h3-5,9-11H,6-8H2,1-2H3,(H,24,25)(H,28,29). The van der Waals surface area contributed by atoms with Crippen molar-refractivity contribution in [2.75, 3.05) is 19.5 Å². The van der Waals surface area contributed by atoms with Gasteiger partial charge in [-0.05, 0) is 35.9 Å². The van der Waals surface area contributed by atoms with Gasteiger partial charge in [0.1, 0.15) is 5.82 Å². The lowest BCUT2D eigenvalue weighted by atomic mass is 10.1. The molecule has 1 aliphatic carbocycles. The molecule has 2 aromatic carbocycles. The molecule has 0 atom stereocenters. The van der Waals surface area contributed by atoms with Gasteiger partial charge in [0, 0.05) is 29.7 Å². The largest absolute Gasteiger partial charge is 0.493 e. The van der Waals surface area contributed by atoms with E-state index in [-0.39, 0.29) is 12.8 Å². The highest BCUT2D eigenvalue weighted by molar-refractivity contribution is 5.91. The number of hydrogen-bond donors (Lipinski definition) is 2. The second-order valence-corrected chi connectivity index (χ2v) is 7.05. The fourth-order valence-corrected chi connectivity index (χ4v) is 3.68. The third kappa shape index (κ3) is 3.81. The lowest BCUT2D eigenvalue weighted by Crippen LogP contribution is -2.15. The van der Waals surface area contributed by atoms with Crippen LogP contribution >= 0.6 is 0 Å². The highest BCUT2D eigenvalue weighted by Gasteiger charge is 2.31. The molecule has 0 bridgehead atoms. The molecule has 1 aliphatic rings. The van der Waals surface area contributed by atoms with Gasteiger partial charge in [-0.2, -0.15) is 4.68 Å². The Morgan fingerprint density at radius 2 is 1.90 bits per heavy atom. The third-order valence-electron chi connectivity index (χ3n) is 5.09. The first-order valence-electron chi connectivity index (χ1n) is 9.56. The van der Waals surface area contributed by atoms with E-state index in [9.17, 15) is 14.0 Å². The number of nitrogens with one attached hydrogen (secondary N) is 1. The maximum Gasteiger partial charge on any atom is 0.303 e. The van der Waals surface area contributed by atoms with Crippen LogP contribution in [0.15, 0.2) is 36.4 Å². The number of fused-ring (bicyclic) bond motifs is 3. The Labute approximate surface area is 177 Å². The third-order valence-corrected chi connectivity index (χ3v) is 5.09. The summed E-state index contributed by atoms with van der Waals surface area (Å²) in [7, 11) is 3.06. The van der Waals surface area contributed by atoms with E-state index in [0.717, 1.165) is 16.7 Å². The van der Waals surface area contributed by atoms with Gasteiger partial charge >= 0.3 is 5.97 Å². The highest BCUT2D eigenvalue weighted by atomic mass is 19.1. The minimum atomic E-state index is -1.07. The summed E-state index contributed by atoms with van der Waals surface area (Å²) in [6.45, 7) is 0. The molecule has 0 saturated carbocycles. The molecule has 1 heterocycles. The van der Waals surface area contributed by atoms with E-state index in [1.807, 2.05) is 6.07 Å². The van der Waals surface area contributed by atoms with Crippen molar-refractivity contribution in [2.24, 2.45) is 0 Å². The van der Waals surface area contributed by atoms with Crippen LogP contribution in [0.3, 0.4) is 0 Å². The number of benzene rings is 2. The summed E-state index contributed by atoms with van der Waals surface area (Å²) in [5.74, 6) is -0.465. The van der Waals surface area contributed by atoms with Gasteiger partial charge in [-0.1, -0.05) is 6.07 Å². The van der Waals surface area contributed by atoms with Crippen LogP contribution in [0, 0.1) is 5.82 Å². The van der Waals surface area contributed by atoms with Gasteiger partial charge in [0.05, 0.1) is 26.3 Å². The van der Waals surface area contributed by atoms with Crippen molar-refractivity contribution in [1.82, 2.24) is 9.78 Å². The molecule has 0 amide bonds. The molecule has 0 saturated heterocycles. The lowest BCUT2D eigenvalue weighted by Gasteiger charge is -2.11. The number of carboxylic acids is 1. The Bertz CT molecular complexity index is 1190. The van der Waals surface area contributed by atoms with Crippen LogP contribution in [-0.2, 0) is 11.2 Å². The topological polar surface area (TPSA) is 103 Å². The van der Waals surface area contributed by atoms with Gasteiger partial charge in [-0.3, -0.25) is 9.59 Å². The second kappa shape index (κ2) is 8.10. The van der Waals surface area contributed by atoms with Crippen molar-refractivity contribution in [3.8, 4) is 22.8 Å². The summed E-state index contributed by atoms with van der Waals surface area (Å²) < 4.78 is 25.6. The number of aromatic nitrogens is 2. The summed E-state index contributed by atoms with van der Waals surface area (Å²) in [6, 6.07) is 9.52. The van der Waals surface area contributed by atoms with Crippen LogP contribution < -0.4 is 14.8 Å². The van der Waals surface area contributed by atoms with Gasteiger partial charge in [-0.15, -0.1) is 5.10 Å². The Hall–Kier alpha value is -3.88. The predicted molar refractivity (Wildman–Crippen MR) is 111 cm³/mol. The van der Waals surface area contributed by atoms with Gasteiger partial charge in [0.25, 0.3) is 0 Å². The highest BCUT2D eigenvalue weighted by Crippen LogP contribution is 2.45. The molecular weight excluding hydrogens is 405 g/mol. The van der Waals surface area contributed by atoms with E-state index in [0.29, 0.717) is 35.1 Å². The predicted octanol–water partition coefficient (Wildman–Crippen LogP) is 3.86. The van der Waals surface area contributed by atoms with Crippen molar-refractivity contribution in [1.29, 1.82) is 0 Å². The minimum Gasteiger partial charge on any atom is -0.493 e. The molecule has 0 spiro atoms. The molecule has 2 N–H and O–H groups in total. The Morgan fingerprint density at radius 1 is 1.16 bits per heavy atom. The van der Waals surface area contributed by atoms with Crippen LogP contribution in [-0.4, -0.2) is 41.0 Å². The lowest BCUT2D eigenvalue weighted by molar-refractivity contribution is -0.137. The first-order valence-corrected chi connectivity index (χ1v) is 9.56. The number of aliphatic carboxylic acids is 1. The average molecular weight is 425 g/mol. The molecule has 4 rings (SSSR count). The number of carbonyl (C=O) groups is 2. The quantitative estimate of drug-likeness (QED) is 0.463. The number of anilines is 2. The SMILES string of the molecule is COc1cc2c(cc1OC)-c1c(c(Nc3cccc(F)c3)nn1C(=O)CCC(=O)O)C2. The van der Waals surface area contributed by atoms with Crippen LogP contribution in [0.25, 0.3) is 11.3 Å². The average Bonchev–Trinajstić information content (AvgIpc) is 3.28. The maximum atomic E-state index is 13.6. The summed E-state index contributed by atoms with van der Waals surface area (Å²) in [5.41, 5.74) is 3.45. The molecule has 0 unspecified atom stereocenters. The summed E-state index contributed by atoms with van der Waals surface area (Å²) in [4.78, 5) is 23.7. The Balaban J connectivity index is 1.81. The molecule has 31 heavy (non-hydrogen) atoms. The molecule has 3 aromatic rings. The monoisotopic (exact) mass is 425 g/mol. The van der Waals surface area contributed by atoms with E-state index in [4.69, 9.17) is 14.6 Å². The van der Waals surface area contributed by atoms with Crippen molar-refractivity contribution in [3.05, 3.63) is 53.3 Å². The van der Waals surface area contributed by atoms with E-state index in [2.05, 4.69) is 10.4 Å². The van der Waals surface area contributed by atoms with Gasteiger partial charge < -0.3 is 19.9 Å². The van der Waals surface area contributed by atoms with E-state index in [1.165, 1.54) is 23.9 Å². The fourth-order valence-electron chi connectivity index (χ4n) is 3.68. The molecule has 8 nitrogen and oxygen atoms in total. The smallest absolute Gasteiger partial charge is 0.303 e. The van der Waals surface area contributed by atoms with Crippen LogP contribution in [0.2, 0.25) is 0 Å². The van der Waals surface area contributed by atoms with Crippen LogP contribution in [0.4, 0.5) is 15.9 Å². The Kier molecular flexibility index (Phi) is 5.33. The zero-order chi connectivity index (χ0) is 22.1. The fraction of sp³-hybridized carbons (Fsp3) is 0.227. The number of carbonyl (C=O) groups excluding carboxylic acids is 1. The number of ether oxygens (including phenoxy) is 2. The second-order valence-electron chi connectivity index (χ2n) is 7.05. The van der Waals surface area contributed by atoms with E-state index in [1.54, 1.807) is 25.3 Å². The zero-order valence-electron chi connectivity index (χ0n) is 16.9. The van der Waals surface area contributed by atoms with E-state index < -0.39 is 17.7 Å². The van der Waals surface area contributed by atoms with Gasteiger partial charge in [0.2, 0.25) is 5.91 Å². The van der Waals surface area contributed by atoms with Crippen molar-refractivity contribution in [2.45, 2.75) is 19.3 Å². The molecular formula is C22H20FN3O5. The van der Waals surface area contributed by atoms with Gasteiger partial charge in [-0.25, -0.2) is 4.39 Å². The van der Waals surface area contributed by atoms with Crippen LogP contribution in [0.1, 0.15) is 28.8 Å². The minimum absolute atomic E-state index is 0.203. The molecule has 1 aromatic heterocycles. The first-order chi connectivity index (χ1) is 14.9. The number of nitrogens with zero attached hydrogens (tertiary/aromatic N) is 2. The van der Waals surface area contributed by atoms with Crippen LogP contribution in [0.5, 0.6) is 11.5 Å². The summed E-state index contributed by atoms with van der Waals surface area (Å²) >= 11 is 0. The van der Waals surface area contributed by atoms with E-state index >= 15 is 0 Å². The number of methoxy groups -OCH3 is 2. The number of carboxylic acid groups (broad SMARTS) is 1. The number of rotatable bonds is 7. The van der Waals surface area contributed by atoms with Crippen molar-refractivity contribution < 1.29 is 28.6 Å². The molecule has 0 radical (unpaired) electrons. The summed E-state index contributed by atoms with van der Waals surface area (Å²) in [6.07, 6.45) is -0.0424. The van der Waals surface area contributed by atoms with Crippen molar-refractivity contribution >= 4 is 23.4 Å². The molecule has 0 aliphatic heterocycles. The molecule has 0 fully saturated rings. The normalized spacial score (nSPS) is 11.6. The van der Waals surface area contributed by atoms with Crippen molar-refractivity contribution in [3.63, 3.8) is 0 Å². The Morgan fingerprint density at radius 3 is 2.58 bits per heavy atom. The first kappa shape index (κ1) is 20.4. The molecule has 9 heteroatoms.